The van der Waals surface area contributed by atoms with E-state index in [-0.39, 0.29) is 23.9 Å². The third kappa shape index (κ3) is 3.87. The lowest BCUT2D eigenvalue weighted by atomic mass is 9.93. The normalized spacial score (nSPS) is 15.2. The van der Waals surface area contributed by atoms with Crippen molar-refractivity contribution in [2.24, 2.45) is 0 Å². The molecule has 7 heteroatoms. The van der Waals surface area contributed by atoms with Gasteiger partial charge in [0.05, 0.1) is 17.4 Å². The molecule has 27 heavy (non-hydrogen) atoms. The van der Waals surface area contributed by atoms with Crippen LogP contribution < -0.4 is 5.32 Å². The summed E-state index contributed by atoms with van der Waals surface area (Å²) in [5.41, 5.74) is 2.67. The summed E-state index contributed by atoms with van der Waals surface area (Å²) in [7, 11) is 0. The largest absolute Gasteiger partial charge is 0.326 e. The van der Waals surface area contributed by atoms with Gasteiger partial charge >= 0.3 is 0 Å². The first-order valence-corrected chi connectivity index (χ1v) is 8.47. The van der Waals surface area contributed by atoms with Gasteiger partial charge in [-0.1, -0.05) is 30.3 Å². The Morgan fingerprint density at radius 1 is 1.22 bits per heavy atom. The van der Waals surface area contributed by atoms with Crippen molar-refractivity contribution in [3.8, 4) is 0 Å². The highest BCUT2D eigenvalue weighted by Crippen LogP contribution is 2.33. The number of hydrogen-bond donors (Lipinski definition) is 1. The quantitative estimate of drug-likeness (QED) is 0.659. The highest BCUT2D eigenvalue weighted by Gasteiger charge is 2.28. The third-order valence-electron chi connectivity index (χ3n) is 4.54. The Hall–Kier alpha value is -3.48. The molecule has 1 aliphatic rings. The number of rotatable bonds is 4. The molecule has 0 fully saturated rings. The minimum atomic E-state index is -0.481. The first-order chi connectivity index (χ1) is 12.9. The lowest BCUT2D eigenvalue weighted by Crippen LogP contribution is -2.33. The number of anilines is 1. The van der Waals surface area contributed by atoms with Crippen LogP contribution in [0.2, 0.25) is 0 Å². The van der Waals surface area contributed by atoms with E-state index in [0.717, 1.165) is 11.1 Å². The molecule has 0 saturated carbocycles. The van der Waals surface area contributed by atoms with Gasteiger partial charge in [0.25, 0.3) is 5.69 Å². The zero-order chi connectivity index (χ0) is 19.6. The number of fused-ring (bicyclic) bond motifs is 1. The second-order valence-electron chi connectivity index (χ2n) is 6.40. The van der Waals surface area contributed by atoms with E-state index < -0.39 is 11.0 Å². The number of carbonyl (C=O) groups excluding carboxylic acids is 2. The first kappa shape index (κ1) is 18.3. The molecule has 3 rings (SSSR count). The molecule has 0 radical (unpaired) electrons. The number of amides is 2. The number of hydrogen-bond acceptors (Lipinski definition) is 4. The van der Waals surface area contributed by atoms with Crippen molar-refractivity contribution >= 4 is 29.3 Å². The molecule has 0 bridgehead atoms. The van der Waals surface area contributed by atoms with Gasteiger partial charge in [0.2, 0.25) is 11.8 Å². The maximum Gasteiger partial charge on any atom is 0.274 e. The molecule has 0 aliphatic carbocycles. The number of aryl methyl sites for hydroxylation is 1. The molecule has 1 heterocycles. The molecular formula is C20H19N3O4. The SMILES string of the molecule is CC(=O)N1C=Cc2ccccc2[C@H]1CC(=O)Nc1ccc(C)c([N+](=O)[O-])c1. The van der Waals surface area contributed by atoms with E-state index in [1.165, 1.54) is 17.9 Å². The fraction of sp³-hybridized carbons (Fsp3) is 0.200. The fourth-order valence-corrected chi connectivity index (χ4v) is 3.18. The number of nitro benzene ring substituents is 1. The van der Waals surface area contributed by atoms with Gasteiger partial charge in [-0.15, -0.1) is 0 Å². The monoisotopic (exact) mass is 365 g/mol. The molecule has 1 N–H and O–H groups in total. The van der Waals surface area contributed by atoms with Crippen molar-refractivity contribution in [3.05, 3.63) is 75.5 Å². The van der Waals surface area contributed by atoms with Gasteiger partial charge in [-0.2, -0.15) is 0 Å². The minimum absolute atomic E-state index is 0.0443. The molecule has 7 nitrogen and oxygen atoms in total. The van der Waals surface area contributed by atoms with Crippen molar-refractivity contribution in [1.29, 1.82) is 0 Å². The number of carbonyl (C=O) groups is 2. The molecule has 1 atom stereocenters. The average molecular weight is 365 g/mol. The molecule has 0 aromatic heterocycles. The third-order valence-corrected chi connectivity index (χ3v) is 4.54. The molecule has 138 valence electrons. The van der Waals surface area contributed by atoms with E-state index in [1.807, 2.05) is 30.3 Å². The van der Waals surface area contributed by atoms with E-state index in [2.05, 4.69) is 5.32 Å². The zero-order valence-corrected chi connectivity index (χ0v) is 15.0. The molecule has 2 aromatic carbocycles. The van der Waals surface area contributed by atoms with Gasteiger partial charge in [0.15, 0.2) is 0 Å². The molecular weight excluding hydrogens is 346 g/mol. The van der Waals surface area contributed by atoms with Gasteiger partial charge in [-0.3, -0.25) is 19.7 Å². The van der Waals surface area contributed by atoms with E-state index in [1.54, 1.807) is 25.3 Å². The Kier molecular flexibility index (Phi) is 5.03. The second kappa shape index (κ2) is 7.41. The van der Waals surface area contributed by atoms with Crippen LogP contribution >= 0.6 is 0 Å². The van der Waals surface area contributed by atoms with E-state index in [4.69, 9.17) is 0 Å². The van der Waals surface area contributed by atoms with Crippen molar-refractivity contribution in [2.75, 3.05) is 5.32 Å². The predicted octanol–water partition coefficient (Wildman–Crippen LogP) is 3.81. The molecule has 1 aliphatic heterocycles. The van der Waals surface area contributed by atoms with Crippen LogP contribution in [0.25, 0.3) is 6.08 Å². The lowest BCUT2D eigenvalue weighted by Gasteiger charge is -2.32. The highest BCUT2D eigenvalue weighted by molar-refractivity contribution is 5.92. The van der Waals surface area contributed by atoms with Crippen LogP contribution in [0.15, 0.2) is 48.7 Å². The molecule has 0 saturated heterocycles. The predicted molar refractivity (Wildman–Crippen MR) is 102 cm³/mol. The van der Waals surface area contributed by atoms with Gasteiger partial charge in [-0.25, -0.2) is 0 Å². The summed E-state index contributed by atoms with van der Waals surface area (Å²) in [5.74, 6) is -0.487. The first-order valence-electron chi connectivity index (χ1n) is 8.47. The van der Waals surface area contributed by atoms with Crippen LogP contribution in [0.4, 0.5) is 11.4 Å². The summed E-state index contributed by atoms with van der Waals surface area (Å²) in [5, 5.41) is 13.8. The number of nitrogens with zero attached hydrogens (tertiary/aromatic N) is 2. The van der Waals surface area contributed by atoms with Gasteiger partial charge < -0.3 is 10.2 Å². The van der Waals surface area contributed by atoms with Crippen LogP contribution in [-0.2, 0) is 9.59 Å². The summed E-state index contributed by atoms with van der Waals surface area (Å²) in [6, 6.07) is 11.7. The molecule has 0 spiro atoms. The van der Waals surface area contributed by atoms with E-state index >= 15 is 0 Å². The highest BCUT2D eigenvalue weighted by atomic mass is 16.6. The van der Waals surface area contributed by atoms with Crippen molar-refractivity contribution in [2.45, 2.75) is 26.3 Å². The smallest absolute Gasteiger partial charge is 0.274 e. The summed E-state index contributed by atoms with van der Waals surface area (Å²) in [6.45, 7) is 3.09. The zero-order valence-electron chi connectivity index (χ0n) is 15.0. The van der Waals surface area contributed by atoms with E-state index in [0.29, 0.717) is 11.3 Å². The van der Waals surface area contributed by atoms with Crippen LogP contribution in [0, 0.1) is 17.0 Å². The summed E-state index contributed by atoms with van der Waals surface area (Å²) in [4.78, 5) is 36.7. The van der Waals surface area contributed by atoms with Crippen LogP contribution in [0.5, 0.6) is 0 Å². The Labute approximate surface area is 156 Å². The van der Waals surface area contributed by atoms with Gasteiger partial charge in [-0.05, 0) is 30.2 Å². The maximum absolute atomic E-state index is 12.6. The number of nitro groups is 1. The Morgan fingerprint density at radius 3 is 2.67 bits per heavy atom. The summed E-state index contributed by atoms with van der Waals surface area (Å²) in [6.07, 6.45) is 3.57. The molecule has 2 amide bonds. The Bertz CT molecular complexity index is 952. The standard InChI is InChI=1S/C20H19N3O4/c1-13-7-8-16(11-18(13)23(26)27)21-20(25)12-19-17-6-4-3-5-15(17)9-10-22(19)14(2)24/h3-11,19H,12H2,1-2H3,(H,21,25)/t19-/m1/s1. The topological polar surface area (TPSA) is 92.6 Å². The average Bonchev–Trinajstić information content (AvgIpc) is 2.63. The van der Waals surface area contributed by atoms with Crippen LogP contribution in [-0.4, -0.2) is 21.6 Å². The van der Waals surface area contributed by atoms with E-state index in [9.17, 15) is 19.7 Å². The minimum Gasteiger partial charge on any atom is -0.326 e. The summed E-state index contributed by atoms with van der Waals surface area (Å²) < 4.78 is 0. The second-order valence-corrected chi connectivity index (χ2v) is 6.40. The van der Waals surface area contributed by atoms with Gasteiger partial charge in [0.1, 0.15) is 0 Å². The Morgan fingerprint density at radius 2 is 1.96 bits per heavy atom. The van der Waals surface area contributed by atoms with Crippen LogP contribution in [0.1, 0.15) is 36.1 Å². The Balaban J connectivity index is 1.82. The number of nitrogens with one attached hydrogen (secondary N) is 1. The molecule has 0 unspecified atom stereocenters. The maximum atomic E-state index is 12.6. The molecule has 2 aromatic rings. The van der Waals surface area contributed by atoms with Crippen molar-refractivity contribution < 1.29 is 14.5 Å². The van der Waals surface area contributed by atoms with Crippen LogP contribution in [0.3, 0.4) is 0 Å². The van der Waals surface area contributed by atoms with Crippen molar-refractivity contribution in [3.63, 3.8) is 0 Å². The number of benzene rings is 2. The van der Waals surface area contributed by atoms with Gasteiger partial charge in [0, 0.05) is 30.4 Å². The summed E-state index contributed by atoms with van der Waals surface area (Å²) >= 11 is 0. The lowest BCUT2D eigenvalue weighted by molar-refractivity contribution is -0.385. The fourth-order valence-electron chi connectivity index (χ4n) is 3.18. The van der Waals surface area contributed by atoms with Crippen molar-refractivity contribution in [1.82, 2.24) is 4.90 Å².